The lowest BCUT2D eigenvalue weighted by Gasteiger charge is -2.41. The smallest absolute Gasteiger partial charge is 0.0961 e. The largest absolute Gasteiger partial charge is 0.389 e. The molecule has 1 aliphatic rings. The summed E-state index contributed by atoms with van der Waals surface area (Å²) < 4.78 is 5.70. The van der Waals surface area contributed by atoms with Crippen LogP contribution in [0.1, 0.15) is 31.7 Å². The van der Waals surface area contributed by atoms with Crippen LogP contribution in [0, 0.1) is 0 Å². The molecule has 0 radical (unpaired) electrons. The lowest BCUT2D eigenvalue weighted by molar-refractivity contribution is -0.143. The van der Waals surface area contributed by atoms with Gasteiger partial charge in [-0.1, -0.05) is 30.3 Å². The average Bonchev–Trinajstić information content (AvgIpc) is 2.86. The summed E-state index contributed by atoms with van der Waals surface area (Å²) in [7, 11) is 0. The Kier molecular flexibility index (Phi) is 3.86. The van der Waals surface area contributed by atoms with Gasteiger partial charge in [0, 0.05) is 30.2 Å². The van der Waals surface area contributed by atoms with Gasteiger partial charge in [0.2, 0.25) is 0 Å². The Balaban J connectivity index is 1.75. The molecule has 1 unspecified atom stereocenters. The normalized spacial score (nSPS) is 24.9. The van der Waals surface area contributed by atoms with Gasteiger partial charge >= 0.3 is 0 Å². The fourth-order valence-corrected chi connectivity index (χ4v) is 3.95. The van der Waals surface area contributed by atoms with E-state index in [1.54, 1.807) is 11.3 Å². The molecule has 1 fully saturated rings. The summed E-state index contributed by atoms with van der Waals surface area (Å²) in [6, 6.07) is 10.2. The van der Waals surface area contributed by atoms with E-state index in [0.29, 0.717) is 25.9 Å². The van der Waals surface area contributed by atoms with Crippen molar-refractivity contribution in [1.29, 1.82) is 0 Å². The molecule has 3 rings (SSSR count). The van der Waals surface area contributed by atoms with Crippen molar-refractivity contribution in [2.24, 2.45) is 0 Å². The molecule has 0 bridgehead atoms. The summed E-state index contributed by atoms with van der Waals surface area (Å²) in [4.78, 5) is 4.69. The molecule has 1 aromatic heterocycles. The van der Waals surface area contributed by atoms with Crippen LogP contribution in [0.15, 0.2) is 35.7 Å². The molecule has 0 saturated carbocycles. The molecular formula is C17H21NO2S. The third-order valence-corrected chi connectivity index (χ3v) is 4.77. The van der Waals surface area contributed by atoms with Crippen LogP contribution in [-0.4, -0.2) is 27.9 Å². The molecule has 1 aromatic carbocycles. The molecule has 4 heteroatoms. The zero-order valence-corrected chi connectivity index (χ0v) is 13.3. The van der Waals surface area contributed by atoms with Gasteiger partial charge in [-0.3, -0.25) is 0 Å². The van der Waals surface area contributed by atoms with Crippen molar-refractivity contribution in [1.82, 2.24) is 4.98 Å². The van der Waals surface area contributed by atoms with Gasteiger partial charge in [0.25, 0.3) is 0 Å². The van der Waals surface area contributed by atoms with Crippen LogP contribution in [0.25, 0.3) is 11.3 Å². The first-order chi connectivity index (χ1) is 9.96. The second-order valence-electron chi connectivity index (χ2n) is 6.43. The lowest BCUT2D eigenvalue weighted by Crippen LogP contribution is -2.47. The molecule has 1 saturated heterocycles. The fraction of sp³-hybridized carbons (Fsp3) is 0.471. The number of aliphatic hydroxyl groups is 1. The van der Waals surface area contributed by atoms with Gasteiger partial charge in [0.05, 0.1) is 28.5 Å². The molecule has 21 heavy (non-hydrogen) atoms. The van der Waals surface area contributed by atoms with E-state index < -0.39 is 5.60 Å². The Hall–Kier alpha value is -1.23. The van der Waals surface area contributed by atoms with Gasteiger partial charge in [-0.05, 0) is 13.8 Å². The minimum absolute atomic E-state index is 0.257. The molecule has 3 nitrogen and oxygen atoms in total. The van der Waals surface area contributed by atoms with Gasteiger partial charge in [-0.15, -0.1) is 11.3 Å². The van der Waals surface area contributed by atoms with E-state index >= 15 is 0 Å². The van der Waals surface area contributed by atoms with Crippen molar-refractivity contribution in [3.8, 4) is 11.3 Å². The SMILES string of the molecule is CC1(C)CC(O)(Cc2nc(-c3ccccc3)cs2)CCO1. The van der Waals surface area contributed by atoms with Crippen molar-refractivity contribution in [2.75, 3.05) is 6.61 Å². The first-order valence-corrected chi connectivity index (χ1v) is 8.20. The van der Waals surface area contributed by atoms with Crippen LogP contribution in [0.2, 0.25) is 0 Å². The van der Waals surface area contributed by atoms with Crippen molar-refractivity contribution in [3.05, 3.63) is 40.7 Å². The van der Waals surface area contributed by atoms with Crippen LogP contribution >= 0.6 is 11.3 Å². The quantitative estimate of drug-likeness (QED) is 0.940. The maximum absolute atomic E-state index is 10.8. The van der Waals surface area contributed by atoms with E-state index in [4.69, 9.17) is 4.74 Å². The number of ether oxygens (including phenoxy) is 1. The average molecular weight is 303 g/mol. The number of rotatable bonds is 3. The maximum Gasteiger partial charge on any atom is 0.0961 e. The molecule has 2 aromatic rings. The van der Waals surface area contributed by atoms with Crippen molar-refractivity contribution in [3.63, 3.8) is 0 Å². The Morgan fingerprint density at radius 3 is 2.76 bits per heavy atom. The molecule has 2 heterocycles. The minimum Gasteiger partial charge on any atom is -0.389 e. The summed E-state index contributed by atoms with van der Waals surface area (Å²) in [5.41, 5.74) is 1.16. The second-order valence-corrected chi connectivity index (χ2v) is 7.37. The van der Waals surface area contributed by atoms with E-state index in [-0.39, 0.29) is 5.60 Å². The minimum atomic E-state index is -0.701. The van der Waals surface area contributed by atoms with Crippen molar-refractivity contribution < 1.29 is 9.84 Å². The van der Waals surface area contributed by atoms with Gasteiger partial charge < -0.3 is 9.84 Å². The molecule has 112 valence electrons. The van der Waals surface area contributed by atoms with E-state index in [2.05, 4.69) is 22.5 Å². The third kappa shape index (κ3) is 3.51. The Bertz CT molecular complexity index is 608. The van der Waals surface area contributed by atoms with Gasteiger partial charge in [-0.25, -0.2) is 4.98 Å². The number of hydrogen-bond acceptors (Lipinski definition) is 4. The zero-order chi connectivity index (χ0) is 14.9. The molecule has 0 spiro atoms. The summed E-state index contributed by atoms with van der Waals surface area (Å²) in [5, 5.41) is 13.9. The lowest BCUT2D eigenvalue weighted by atomic mass is 9.82. The first kappa shape index (κ1) is 14.7. The third-order valence-electron chi connectivity index (χ3n) is 3.92. The summed E-state index contributed by atoms with van der Waals surface area (Å²) in [6.45, 7) is 4.68. The number of aromatic nitrogens is 1. The topological polar surface area (TPSA) is 42.4 Å². The highest BCUT2D eigenvalue weighted by Crippen LogP contribution is 2.35. The summed E-state index contributed by atoms with van der Waals surface area (Å²) in [5.74, 6) is 0. The maximum atomic E-state index is 10.8. The van der Waals surface area contributed by atoms with Crippen LogP contribution in [0.5, 0.6) is 0 Å². The van der Waals surface area contributed by atoms with Crippen LogP contribution < -0.4 is 0 Å². The molecular weight excluding hydrogens is 282 g/mol. The van der Waals surface area contributed by atoms with Crippen molar-refractivity contribution in [2.45, 2.75) is 44.3 Å². The Morgan fingerprint density at radius 2 is 2.05 bits per heavy atom. The number of nitrogens with zero attached hydrogens (tertiary/aromatic N) is 1. The van der Waals surface area contributed by atoms with E-state index in [0.717, 1.165) is 16.3 Å². The summed E-state index contributed by atoms with van der Waals surface area (Å²) >= 11 is 1.62. The predicted octanol–water partition coefficient (Wildman–Crippen LogP) is 3.67. The van der Waals surface area contributed by atoms with E-state index in [9.17, 15) is 5.11 Å². The second kappa shape index (κ2) is 5.52. The van der Waals surface area contributed by atoms with Gasteiger partial charge in [0.15, 0.2) is 0 Å². The van der Waals surface area contributed by atoms with E-state index in [1.165, 1.54) is 0 Å². The monoisotopic (exact) mass is 303 g/mol. The number of thiazole rings is 1. The Morgan fingerprint density at radius 1 is 1.29 bits per heavy atom. The fourth-order valence-electron chi connectivity index (χ4n) is 3.02. The van der Waals surface area contributed by atoms with E-state index in [1.807, 2.05) is 32.0 Å². The van der Waals surface area contributed by atoms with Gasteiger partial charge in [-0.2, -0.15) is 0 Å². The molecule has 0 aliphatic carbocycles. The highest BCUT2D eigenvalue weighted by molar-refractivity contribution is 7.09. The number of benzene rings is 1. The molecule has 1 aliphatic heterocycles. The zero-order valence-electron chi connectivity index (χ0n) is 12.5. The van der Waals surface area contributed by atoms with Crippen LogP contribution in [-0.2, 0) is 11.2 Å². The highest BCUT2D eigenvalue weighted by Gasteiger charge is 2.39. The standard InChI is InChI=1S/C17H21NO2S/c1-16(2)12-17(19,8-9-20-16)10-15-18-14(11-21-15)13-6-4-3-5-7-13/h3-7,11,19H,8-10,12H2,1-2H3. The first-order valence-electron chi connectivity index (χ1n) is 7.32. The molecule has 0 amide bonds. The van der Waals surface area contributed by atoms with Crippen molar-refractivity contribution >= 4 is 11.3 Å². The molecule has 1 atom stereocenters. The number of hydrogen-bond donors (Lipinski definition) is 1. The summed E-state index contributed by atoms with van der Waals surface area (Å²) in [6.07, 6.45) is 1.94. The highest BCUT2D eigenvalue weighted by atomic mass is 32.1. The Labute approximate surface area is 129 Å². The van der Waals surface area contributed by atoms with Gasteiger partial charge in [0.1, 0.15) is 0 Å². The van der Waals surface area contributed by atoms with Crippen LogP contribution in [0.3, 0.4) is 0 Å². The predicted molar refractivity (Wildman–Crippen MR) is 85.5 cm³/mol. The molecule has 1 N–H and O–H groups in total. The van der Waals surface area contributed by atoms with Crippen LogP contribution in [0.4, 0.5) is 0 Å².